The highest BCUT2D eigenvalue weighted by atomic mass is 16.5. The Morgan fingerprint density at radius 1 is 1.30 bits per heavy atom. The van der Waals surface area contributed by atoms with Crippen molar-refractivity contribution in [1.82, 2.24) is 0 Å². The monoisotopic (exact) mass is 315 g/mol. The lowest BCUT2D eigenvalue weighted by atomic mass is 9.58. The molecular formula is C20H29NO2. The minimum absolute atomic E-state index is 0.0475. The first-order valence-corrected chi connectivity index (χ1v) is 9.26. The van der Waals surface area contributed by atoms with Crippen LogP contribution in [0.2, 0.25) is 0 Å². The molecule has 1 saturated carbocycles. The SMILES string of the molecule is CC[C@@]12C=C(C#N)C(=O)C(C)(C)[C@H]1O[C@@H](CCC1CCC1)CC2. The summed E-state index contributed by atoms with van der Waals surface area (Å²) in [4.78, 5) is 12.6. The highest BCUT2D eigenvalue weighted by Gasteiger charge is 2.55. The van der Waals surface area contributed by atoms with Gasteiger partial charge < -0.3 is 4.74 Å². The van der Waals surface area contributed by atoms with Crippen molar-refractivity contribution in [2.75, 3.05) is 0 Å². The summed E-state index contributed by atoms with van der Waals surface area (Å²) < 4.78 is 6.51. The van der Waals surface area contributed by atoms with Gasteiger partial charge in [-0.1, -0.05) is 32.3 Å². The van der Waals surface area contributed by atoms with Crippen molar-refractivity contribution in [3.05, 3.63) is 11.6 Å². The van der Waals surface area contributed by atoms with Crippen LogP contribution in [0, 0.1) is 28.1 Å². The molecule has 23 heavy (non-hydrogen) atoms. The Kier molecular flexibility index (Phi) is 4.40. The first-order valence-electron chi connectivity index (χ1n) is 9.26. The van der Waals surface area contributed by atoms with Crippen LogP contribution in [0.3, 0.4) is 0 Å². The average Bonchev–Trinajstić information content (AvgIpc) is 2.50. The average molecular weight is 315 g/mol. The molecule has 3 nitrogen and oxygen atoms in total. The van der Waals surface area contributed by atoms with Gasteiger partial charge >= 0.3 is 0 Å². The van der Waals surface area contributed by atoms with Crippen LogP contribution in [0.15, 0.2) is 11.6 Å². The largest absolute Gasteiger partial charge is 0.373 e. The molecule has 3 rings (SSSR count). The summed E-state index contributed by atoms with van der Waals surface area (Å²) in [5, 5.41) is 9.34. The van der Waals surface area contributed by atoms with Gasteiger partial charge in [0.1, 0.15) is 6.07 Å². The summed E-state index contributed by atoms with van der Waals surface area (Å²) in [5.74, 6) is 0.858. The maximum atomic E-state index is 12.6. The second kappa shape index (κ2) is 6.06. The number of ketones is 1. The third kappa shape index (κ3) is 2.76. The van der Waals surface area contributed by atoms with E-state index in [9.17, 15) is 10.1 Å². The van der Waals surface area contributed by atoms with Gasteiger partial charge in [-0.2, -0.15) is 5.26 Å². The molecule has 0 N–H and O–H groups in total. The van der Waals surface area contributed by atoms with E-state index >= 15 is 0 Å². The molecule has 0 bridgehead atoms. The number of allylic oxidation sites excluding steroid dienone is 1. The molecule has 0 aromatic carbocycles. The Labute approximate surface area is 140 Å². The fourth-order valence-corrected chi connectivity index (χ4v) is 4.78. The highest BCUT2D eigenvalue weighted by Crippen LogP contribution is 2.53. The van der Waals surface area contributed by atoms with E-state index in [-0.39, 0.29) is 23.4 Å². The lowest BCUT2D eigenvalue weighted by molar-refractivity contribution is -0.176. The Hall–Kier alpha value is -1.14. The third-order valence-electron chi connectivity index (χ3n) is 6.60. The standard InChI is InChI=1S/C20H29NO2/c1-4-20-11-10-16(9-8-14-6-5-7-14)23-18(20)19(2,3)17(22)15(12-20)13-21/h12,14,16,18H,4-11H2,1-3H3/t16-,18+,20+/m0/s1. The van der Waals surface area contributed by atoms with Crippen LogP contribution in [0.1, 0.15) is 72.1 Å². The quantitative estimate of drug-likeness (QED) is 0.763. The molecular weight excluding hydrogens is 286 g/mol. The summed E-state index contributed by atoms with van der Waals surface area (Å²) in [5.41, 5.74) is -0.412. The van der Waals surface area contributed by atoms with Crippen molar-refractivity contribution in [2.45, 2.75) is 84.3 Å². The van der Waals surface area contributed by atoms with E-state index in [0.29, 0.717) is 5.57 Å². The van der Waals surface area contributed by atoms with Gasteiger partial charge in [0, 0.05) is 5.41 Å². The number of fused-ring (bicyclic) bond motifs is 1. The number of Topliss-reactive ketones (excluding diaryl/α,β-unsaturated/α-hetero) is 1. The zero-order valence-electron chi connectivity index (χ0n) is 14.7. The van der Waals surface area contributed by atoms with Crippen molar-refractivity contribution in [2.24, 2.45) is 16.7 Å². The molecule has 0 radical (unpaired) electrons. The van der Waals surface area contributed by atoms with Crippen LogP contribution < -0.4 is 0 Å². The number of nitriles is 1. The summed E-state index contributed by atoms with van der Waals surface area (Å²) in [6.07, 6.45) is 11.7. The Bertz CT molecular complexity index is 552. The Morgan fingerprint density at radius 2 is 2.04 bits per heavy atom. The molecule has 1 saturated heterocycles. The summed E-state index contributed by atoms with van der Waals surface area (Å²) in [6.45, 7) is 6.08. The molecule has 0 amide bonds. The van der Waals surface area contributed by atoms with Crippen LogP contribution in [-0.4, -0.2) is 18.0 Å². The van der Waals surface area contributed by atoms with Gasteiger partial charge in [-0.25, -0.2) is 0 Å². The van der Waals surface area contributed by atoms with E-state index in [1.807, 2.05) is 19.9 Å². The summed E-state index contributed by atoms with van der Waals surface area (Å²) in [6, 6.07) is 2.12. The second-order valence-corrected chi connectivity index (χ2v) is 8.36. The van der Waals surface area contributed by atoms with E-state index in [1.165, 1.54) is 25.7 Å². The maximum absolute atomic E-state index is 12.6. The summed E-state index contributed by atoms with van der Waals surface area (Å²) in [7, 11) is 0. The van der Waals surface area contributed by atoms with Crippen LogP contribution in [0.5, 0.6) is 0 Å². The van der Waals surface area contributed by atoms with Crippen LogP contribution in [-0.2, 0) is 9.53 Å². The second-order valence-electron chi connectivity index (χ2n) is 8.36. The van der Waals surface area contributed by atoms with Gasteiger partial charge in [-0.15, -0.1) is 0 Å². The molecule has 2 aliphatic carbocycles. The number of nitrogens with zero attached hydrogens (tertiary/aromatic N) is 1. The minimum atomic E-state index is -0.606. The van der Waals surface area contributed by atoms with Crippen LogP contribution >= 0.6 is 0 Å². The molecule has 0 aromatic rings. The number of ether oxygens (including phenoxy) is 1. The molecule has 0 unspecified atom stereocenters. The zero-order valence-corrected chi connectivity index (χ0v) is 14.7. The lowest BCUT2D eigenvalue weighted by Gasteiger charge is -2.53. The van der Waals surface area contributed by atoms with Gasteiger partial charge in [0.2, 0.25) is 0 Å². The van der Waals surface area contributed by atoms with Crippen LogP contribution in [0.25, 0.3) is 0 Å². The predicted molar refractivity (Wildman–Crippen MR) is 89.7 cm³/mol. The van der Waals surface area contributed by atoms with Crippen molar-refractivity contribution in [3.8, 4) is 6.07 Å². The molecule has 0 spiro atoms. The summed E-state index contributed by atoms with van der Waals surface area (Å²) >= 11 is 0. The number of hydrogen-bond acceptors (Lipinski definition) is 3. The molecule has 3 heteroatoms. The predicted octanol–water partition coefficient (Wildman–Crippen LogP) is 4.57. The zero-order chi connectivity index (χ0) is 16.7. The highest BCUT2D eigenvalue weighted by molar-refractivity contribution is 6.04. The number of carbonyl (C=O) groups is 1. The van der Waals surface area contributed by atoms with E-state index < -0.39 is 5.41 Å². The van der Waals surface area contributed by atoms with Gasteiger partial charge in [-0.3, -0.25) is 4.79 Å². The Morgan fingerprint density at radius 3 is 2.61 bits per heavy atom. The van der Waals surface area contributed by atoms with E-state index in [4.69, 9.17) is 4.74 Å². The minimum Gasteiger partial charge on any atom is -0.373 e. The van der Waals surface area contributed by atoms with E-state index in [2.05, 4.69) is 13.0 Å². The normalized spacial score (nSPS) is 36.6. The van der Waals surface area contributed by atoms with E-state index in [1.54, 1.807) is 0 Å². The maximum Gasteiger partial charge on any atom is 0.181 e. The fourth-order valence-electron chi connectivity index (χ4n) is 4.78. The molecule has 3 atom stereocenters. The van der Waals surface area contributed by atoms with Gasteiger partial charge in [0.05, 0.1) is 23.2 Å². The van der Waals surface area contributed by atoms with Gasteiger partial charge in [0.25, 0.3) is 0 Å². The smallest absolute Gasteiger partial charge is 0.181 e. The Balaban J connectivity index is 1.79. The number of rotatable bonds is 4. The molecule has 2 fully saturated rings. The molecule has 3 aliphatic rings. The molecule has 126 valence electrons. The number of hydrogen-bond donors (Lipinski definition) is 0. The van der Waals surface area contributed by atoms with Gasteiger partial charge in [-0.05, 0) is 51.9 Å². The van der Waals surface area contributed by atoms with Crippen molar-refractivity contribution in [3.63, 3.8) is 0 Å². The first kappa shape index (κ1) is 16.7. The molecule has 1 aliphatic heterocycles. The number of carbonyl (C=O) groups excluding carboxylic acids is 1. The topological polar surface area (TPSA) is 50.1 Å². The van der Waals surface area contributed by atoms with Crippen molar-refractivity contribution < 1.29 is 9.53 Å². The van der Waals surface area contributed by atoms with Crippen molar-refractivity contribution in [1.29, 1.82) is 5.26 Å². The van der Waals surface area contributed by atoms with Crippen molar-refractivity contribution >= 4 is 5.78 Å². The molecule has 1 heterocycles. The molecule has 0 aromatic heterocycles. The third-order valence-corrected chi connectivity index (χ3v) is 6.60. The first-order chi connectivity index (χ1) is 10.9. The van der Waals surface area contributed by atoms with Gasteiger partial charge in [0.15, 0.2) is 5.78 Å². The fraction of sp³-hybridized carbons (Fsp3) is 0.800. The van der Waals surface area contributed by atoms with E-state index in [0.717, 1.165) is 31.6 Å². The van der Waals surface area contributed by atoms with Crippen LogP contribution in [0.4, 0.5) is 0 Å². The lowest BCUT2D eigenvalue weighted by Crippen LogP contribution is -2.56.